The minimum Gasteiger partial charge on any atom is -0.338 e. The minimum absolute atomic E-state index is 0.193. The van der Waals surface area contributed by atoms with E-state index >= 15 is 0 Å². The number of amides is 3. The van der Waals surface area contributed by atoms with Gasteiger partial charge in [0.25, 0.3) is 0 Å². The van der Waals surface area contributed by atoms with E-state index in [-0.39, 0.29) is 11.9 Å². The summed E-state index contributed by atoms with van der Waals surface area (Å²) in [4.78, 5) is 22.7. The Labute approximate surface area is 107 Å². The second-order valence-corrected chi connectivity index (χ2v) is 4.59. The average Bonchev–Trinajstić information content (AvgIpc) is 2.38. The van der Waals surface area contributed by atoms with Gasteiger partial charge in [0, 0.05) is 13.0 Å². The van der Waals surface area contributed by atoms with E-state index in [9.17, 15) is 9.59 Å². The highest BCUT2D eigenvalue weighted by Crippen LogP contribution is 2.25. The summed E-state index contributed by atoms with van der Waals surface area (Å²) in [6.07, 6.45) is 3.12. The van der Waals surface area contributed by atoms with Crippen LogP contribution in [0.3, 0.4) is 0 Å². The van der Waals surface area contributed by atoms with Crippen LogP contribution in [0.25, 0.3) is 0 Å². The van der Waals surface area contributed by atoms with Gasteiger partial charge in [0.05, 0.1) is 0 Å². The van der Waals surface area contributed by atoms with Gasteiger partial charge in [0.15, 0.2) is 0 Å². The maximum absolute atomic E-state index is 11.4. The van der Waals surface area contributed by atoms with Crippen LogP contribution in [0.4, 0.5) is 4.79 Å². The van der Waals surface area contributed by atoms with E-state index in [4.69, 9.17) is 0 Å². The molecule has 0 spiro atoms. The highest BCUT2D eigenvalue weighted by molar-refractivity contribution is 5.94. The number of carbonyl (C=O) groups excluding carboxylic acids is 2. The summed E-state index contributed by atoms with van der Waals surface area (Å²) in [6.45, 7) is 0.596. The Hall–Kier alpha value is -1.84. The topological polar surface area (TPSA) is 58.2 Å². The Kier molecular flexibility index (Phi) is 4.34. The van der Waals surface area contributed by atoms with Crippen molar-refractivity contribution in [1.82, 2.24) is 10.6 Å². The predicted molar refractivity (Wildman–Crippen MR) is 69.2 cm³/mol. The van der Waals surface area contributed by atoms with Crippen molar-refractivity contribution >= 4 is 11.9 Å². The van der Waals surface area contributed by atoms with E-state index < -0.39 is 0 Å². The van der Waals surface area contributed by atoms with E-state index in [1.165, 1.54) is 5.56 Å². The fraction of sp³-hybridized carbons (Fsp3) is 0.429. The smallest absolute Gasteiger partial charge is 0.321 e. The molecule has 1 atom stereocenters. The first-order valence-corrected chi connectivity index (χ1v) is 6.38. The van der Waals surface area contributed by atoms with E-state index in [2.05, 4.69) is 22.8 Å². The maximum atomic E-state index is 11.4. The van der Waals surface area contributed by atoms with Crippen molar-refractivity contribution in [2.24, 2.45) is 0 Å². The number of nitrogens with one attached hydrogen (secondary N) is 2. The van der Waals surface area contributed by atoms with Crippen LogP contribution < -0.4 is 10.6 Å². The number of imide groups is 1. The molecule has 0 unspecified atom stereocenters. The Bertz CT molecular complexity index is 397. The van der Waals surface area contributed by atoms with Crippen LogP contribution in [0.2, 0.25) is 0 Å². The highest BCUT2D eigenvalue weighted by atomic mass is 16.2. The van der Waals surface area contributed by atoms with Crippen molar-refractivity contribution in [3.8, 4) is 0 Å². The summed E-state index contributed by atoms with van der Waals surface area (Å²) in [6, 6.07) is 9.89. The standard InChI is InChI=1S/C14H18N2O2/c17-13-8-4-7-12(9-10-15-14(18)16-13)11-5-2-1-3-6-11/h1-3,5-6,12H,4,7-10H2,(H2,15,16,17,18)/t12-/m0/s1. The molecule has 1 aliphatic heterocycles. The van der Waals surface area contributed by atoms with Gasteiger partial charge < -0.3 is 5.32 Å². The van der Waals surface area contributed by atoms with Gasteiger partial charge in [-0.1, -0.05) is 30.3 Å². The van der Waals surface area contributed by atoms with Gasteiger partial charge >= 0.3 is 6.03 Å². The SMILES string of the molecule is O=C1CCC[C@H](c2ccccc2)CCNC(=O)N1. The van der Waals surface area contributed by atoms with Gasteiger partial charge in [-0.2, -0.15) is 0 Å². The molecule has 0 aromatic heterocycles. The highest BCUT2D eigenvalue weighted by Gasteiger charge is 2.15. The van der Waals surface area contributed by atoms with Gasteiger partial charge in [-0.15, -0.1) is 0 Å². The lowest BCUT2D eigenvalue weighted by molar-refractivity contribution is -0.120. The zero-order valence-electron chi connectivity index (χ0n) is 10.3. The molecule has 18 heavy (non-hydrogen) atoms. The zero-order chi connectivity index (χ0) is 12.8. The Morgan fingerprint density at radius 1 is 1.06 bits per heavy atom. The molecule has 0 bridgehead atoms. The van der Waals surface area contributed by atoms with E-state index in [1.807, 2.05) is 18.2 Å². The first kappa shape index (κ1) is 12.6. The molecular formula is C14H18N2O2. The monoisotopic (exact) mass is 246 g/mol. The Balaban J connectivity index is 2.02. The molecule has 0 radical (unpaired) electrons. The number of hydrogen-bond acceptors (Lipinski definition) is 2. The Morgan fingerprint density at radius 2 is 1.83 bits per heavy atom. The van der Waals surface area contributed by atoms with Crippen LogP contribution in [0.1, 0.15) is 37.2 Å². The third kappa shape index (κ3) is 3.58. The summed E-state index contributed by atoms with van der Waals surface area (Å²) in [5, 5.41) is 5.03. The van der Waals surface area contributed by atoms with Crippen LogP contribution in [-0.2, 0) is 4.79 Å². The molecule has 1 aromatic rings. The minimum atomic E-state index is -0.381. The maximum Gasteiger partial charge on any atom is 0.321 e. The van der Waals surface area contributed by atoms with E-state index in [0.717, 1.165) is 19.3 Å². The van der Waals surface area contributed by atoms with Gasteiger partial charge in [-0.3, -0.25) is 10.1 Å². The molecule has 1 aromatic carbocycles. The third-order valence-corrected chi connectivity index (χ3v) is 3.26. The van der Waals surface area contributed by atoms with Crippen LogP contribution in [0, 0.1) is 0 Å². The summed E-state index contributed by atoms with van der Waals surface area (Å²) in [5.41, 5.74) is 1.28. The number of carbonyl (C=O) groups is 2. The summed E-state index contributed by atoms with van der Waals surface area (Å²) in [5.74, 6) is 0.221. The van der Waals surface area contributed by atoms with Crippen molar-refractivity contribution in [3.05, 3.63) is 35.9 Å². The average molecular weight is 246 g/mol. The van der Waals surface area contributed by atoms with Crippen LogP contribution in [-0.4, -0.2) is 18.5 Å². The zero-order valence-corrected chi connectivity index (χ0v) is 10.3. The van der Waals surface area contributed by atoms with Gasteiger partial charge in [0.2, 0.25) is 5.91 Å². The Morgan fingerprint density at radius 3 is 2.61 bits per heavy atom. The fourth-order valence-corrected chi connectivity index (χ4v) is 2.31. The molecule has 1 saturated heterocycles. The molecule has 2 rings (SSSR count). The third-order valence-electron chi connectivity index (χ3n) is 3.26. The number of urea groups is 1. The van der Waals surface area contributed by atoms with Gasteiger partial charge in [-0.25, -0.2) is 4.79 Å². The summed E-state index contributed by atoms with van der Waals surface area (Å²) in [7, 11) is 0. The second kappa shape index (κ2) is 6.19. The van der Waals surface area contributed by atoms with Crippen LogP contribution in [0.15, 0.2) is 30.3 Å². The first-order valence-electron chi connectivity index (χ1n) is 6.38. The number of hydrogen-bond donors (Lipinski definition) is 2. The molecule has 96 valence electrons. The second-order valence-electron chi connectivity index (χ2n) is 4.59. The van der Waals surface area contributed by atoms with Crippen LogP contribution in [0.5, 0.6) is 0 Å². The van der Waals surface area contributed by atoms with Crippen molar-refractivity contribution in [1.29, 1.82) is 0 Å². The summed E-state index contributed by atoms with van der Waals surface area (Å²) < 4.78 is 0. The van der Waals surface area contributed by atoms with Crippen molar-refractivity contribution in [3.63, 3.8) is 0 Å². The van der Waals surface area contributed by atoms with Crippen molar-refractivity contribution in [2.75, 3.05) is 6.54 Å². The lowest BCUT2D eigenvalue weighted by Gasteiger charge is -2.19. The molecule has 0 aliphatic carbocycles. The van der Waals surface area contributed by atoms with Gasteiger partial charge in [0.1, 0.15) is 0 Å². The molecule has 3 amide bonds. The van der Waals surface area contributed by atoms with E-state index in [1.54, 1.807) is 0 Å². The first-order chi connectivity index (χ1) is 8.75. The summed E-state index contributed by atoms with van der Waals surface area (Å²) >= 11 is 0. The van der Waals surface area contributed by atoms with Crippen molar-refractivity contribution in [2.45, 2.75) is 31.6 Å². The fourth-order valence-electron chi connectivity index (χ4n) is 2.31. The molecule has 1 aliphatic rings. The van der Waals surface area contributed by atoms with Gasteiger partial charge in [-0.05, 0) is 30.7 Å². The molecule has 4 heteroatoms. The van der Waals surface area contributed by atoms with Crippen molar-refractivity contribution < 1.29 is 9.59 Å². The quantitative estimate of drug-likeness (QED) is 0.797. The molecule has 4 nitrogen and oxygen atoms in total. The largest absolute Gasteiger partial charge is 0.338 e. The molecule has 1 heterocycles. The molecule has 1 fully saturated rings. The van der Waals surface area contributed by atoms with Crippen LogP contribution >= 0.6 is 0 Å². The van der Waals surface area contributed by atoms with E-state index in [0.29, 0.717) is 18.9 Å². The number of rotatable bonds is 1. The molecule has 0 saturated carbocycles. The number of benzene rings is 1. The molecular weight excluding hydrogens is 228 g/mol. The molecule has 2 N–H and O–H groups in total. The predicted octanol–water partition coefficient (Wildman–Crippen LogP) is 2.17. The normalized spacial score (nSPS) is 21.9. The lowest BCUT2D eigenvalue weighted by atomic mass is 9.90. The lowest BCUT2D eigenvalue weighted by Crippen LogP contribution is -2.40.